The van der Waals surface area contributed by atoms with Gasteiger partial charge in [0.1, 0.15) is 12.1 Å². The third kappa shape index (κ3) is 3.27. The molecule has 8 rings (SSSR count). The zero-order valence-corrected chi connectivity index (χ0v) is 22.5. The van der Waals surface area contributed by atoms with E-state index in [0.29, 0.717) is 11.1 Å². The van der Waals surface area contributed by atoms with Gasteiger partial charge < -0.3 is 9.13 Å². The van der Waals surface area contributed by atoms with Crippen LogP contribution in [0.4, 0.5) is 0 Å². The molecule has 2 aromatic heterocycles. The quantitative estimate of drug-likeness (QED) is 0.227. The van der Waals surface area contributed by atoms with Gasteiger partial charge in [-0.15, -0.1) is 0 Å². The number of fused-ring (bicyclic) bond motifs is 6. The second kappa shape index (κ2) is 9.24. The monoisotopic (exact) mass is 534 g/mol. The van der Waals surface area contributed by atoms with Crippen molar-refractivity contribution in [2.24, 2.45) is 0 Å². The summed E-state index contributed by atoms with van der Waals surface area (Å²) >= 11 is 0. The largest absolute Gasteiger partial charge is 0.307 e. The fourth-order valence-corrected chi connectivity index (χ4v) is 6.50. The lowest BCUT2D eigenvalue weighted by Crippen LogP contribution is -2.08. The molecule has 0 N–H and O–H groups in total. The molecule has 0 saturated carbocycles. The van der Waals surface area contributed by atoms with E-state index in [9.17, 15) is 10.5 Å². The molecule has 0 saturated heterocycles. The summed E-state index contributed by atoms with van der Waals surface area (Å²) in [6, 6.07) is 50.0. The first-order valence-electron chi connectivity index (χ1n) is 13.8. The summed E-state index contributed by atoms with van der Waals surface area (Å²) in [5.74, 6) is 0. The van der Waals surface area contributed by atoms with Crippen molar-refractivity contribution >= 4 is 43.6 Å². The van der Waals surface area contributed by atoms with Crippen LogP contribution in [0.1, 0.15) is 11.1 Å². The highest BCUT2D eigenvalue weighted by Gasteiger charge is 2.27. The Labute approximate surface area is 242 Å². The molecule has 2 heterocycles. The lowest BCUT2D eigenvalue weighted by atomic mass is 9.93. The molecule has 42 heavy (non-hydrogen) atoms. The molecule has 0 spiro atoms. The van der Waals surface area contributed by atoms with Gasteiger partial charge in [0.05, 0.1) is 44.6 Å². The van der Waals surface area contributed by atoms with E-state index in [1.807, 2.05) is 66.7 Å². The first-order chi connectivity index (χ1) is 20.8. The number of hydrogen-bond acceptors (Lipinski definition) is 2. The third-order valence-electron chi connectivity index (χ3n) is 8.18. The molecule has 0 unspecified atom stereocenters. The summed E-state index contributed by atoms with van der Waals surface area (Å²) < 4.78 is 4.40. The molecule has 0 aliphatic rings. The maximum absolute atomic E-state index is 10.6. The van der Waals surface area contributed by atoms with Crippen molar-refractivity contribution in [2.45, 2.75) is 0 Å². The molecular formula is C38H22N4. The molecule has 0 amide bonds. The van der Waals surface area contributed by atoms with Crippen LogP contribution < -0.4 is 0 Å². The number of rotatable bonds is 3. The Balaban J connectivity index is 1.66. The highest BCUT2D eigenvalue weighted by molar-refractivity contribution is 6.12. The van der Waals surface area contributed by atoms with Crippen LogP contribution in [0.25, 0.3) is 66.1 Å². The summed E-state index contributed by atoms with van der Waals surface area (Å²) in [5, 5.41) is 25.7. The van der Waals surface area contributed by atoms with E-state index < -0.39 is 0 Å². The molecule has 4 heteroatoms. The molecule has 6 aromatic carbocycles. The van der Waals surface area contributed by atoms with Crippen LogP contribution in [0.3, 0.4) is 0 Å². The maximum atomic E-state index is 10.6. The Bertz CT molecular complexity index is 2170. The predicted molar refractivity (Wildman–Crippen MR) is 170 cm³/mol. The topological polar surface area (TPSA) is 57.4 Å². The van der Waals surface area contributed by atoms with Crippen molar-refractivity contribution in [3.63, 3.8) is 0 Å². The first-order valence-corrected chi connectivity index (χ1v) is 13.8. The highest BCUT2D eigenvalue weighted by atomic mass is 15.0. The van der Waals surface area contributed by atoms with Gasteiger partial charge in [0.25, 0.3) is 0 Å². The average molecular weight is 535 g/mol. The number of benzene rings is 6. The Kier molecular flexibility index (Phi) is 5.22. The van der Waals surface area contributed by atoms with Crippen LogP contribution in [-0.2, 0) is 0 Å². The molecule has 8 aromatic rings. The van der Waals surface area contributed by atoms with Gasteiger partial charge in [-0.2, -0.15) is 10.5 Å². The minimum atomic E-state index is 0.446. The fourth-order valence-electron chi connectivity index (χ4n) is 6.50. The molecule has 194 valence electrons. The molecule has 0 atom stereocenters. The van der Waals surface area contributed by atoms with Gasteiger partial charge in [0.2, 0.25) is 0 Å². The van der Waals surface area contributed by atoms with Crippen LogP contribution in [-0.4, -0.2) is 9.13 Å². The van der Waals surface area contributed by atoms with Crippen LogP contribution in [0.5, 0.6) is 0 Å². The van der Waals surface area contributed by atoms with Crippen LogP contribution in [0.2, 0.25) is 0 Å². The molecule has 0 aliphatic carbocycles. The average Bonchev–Trinajstić information content (AvgIpc) is 3.57. The van der Waals surface area contributed by atoms with Gasteiger partial charge in [-0.05, 0) is 35.9 Å². The maximum Gasteiger partial charge on any atom is 0.101 e. The summed E-state index contributed by atoms with van der Waals surface area (Å²) in [6.45, 7) is 0. The molecular weight excluding hydrogens is 512 g/mol. The fraction of sp³-hybridized carbons (Fsp3) is 0. The second-order valence-corrected chi connectivity index (χ2v) is 10.4. The lowest BCUT2D eigenvalue weighted by Gasteiger charge is -2.22. The molecule has 0 radical (unpaired) electrons. The normalized spacial score (nSPS) is 11.3. The van der Waals surface area contributed by atoms with E-state index in [-0.39, 0.29) is 0 Å². The van der Waals surface area contributed by atoms with Crippen molar-refractivity contribution in [3.05, 3.63) is 145 Å². The number of hydrogen-bond donors (Lipinski definition) is 0. The minimum absolute atomic E-state index is 0.446. The van der Waals surface area contributed by atoms with Crippen LogP contribution >= 0.6 is 0 Å². The first kappa shape index (κ1) is 23.8. The zero-order chi connectivity index (χ0) is 28.2. The van der Waals surface area contributed by atoms with Gasteiger partial charge >= 0.3 is 0 Å². The Morgan fingerprint density at radius 1 is 0.405 bits per heavy atom. The van der Waals surface area contributed by atoms with E-state index in [4.69, 9.17) is 0 Å². The molecule has 0 fully saturated rings. The van der Waals surface area contributed by atoms with E-state index in [1.54, 1.807) is 6.07 Å². The van der Waals surface area contributed by atoms with Gasteiger partial charge in [0.15, 0.2) is 0 Å². The summed E-state index contributed by atoms with van der Waals surface area (Å²) in [6.07, 6.45) is 0. The van der Waals surface area contributed by atoms with E-state index in [1.165, 1.54) is 0 Å². The number of nitrogens with zero attached hydrogens (tertiary/aromatic N) is 4. The Hall–Kier alpha value is -6.10. The third-order valence-corrected chi connectivity index (χ3v) is 8.18. The number of nitriles is 2. The summed E-state index contributed by atoms with van der Waals surface area (Å²) in [7, 11) is 0. The van der Waals surface area contributed by atoms with Gasteiger partial charge in [-0.25, -0.2) is 0 Å². The van der Waals surface area contributed by atoms with Crippen molar-refractivity contribution in [3.8, 4) is 34.6 Å². The van der Waals surface area contributed by atoms with Crippen molar-refractivity contribution in [1.82, 2.24) is 9.13 Å². The molecule has 0 bridgehead atoms. The Morgan fingerprint density at radius 3 is 1.10 bits per heavy atom. The summed E-state index contributed by atoms with van der Waals surface area (Å²) in [5.41, 5.74) is 8.20. The number of aromatic nitrogens is 2. The lowest BCUT2D eigenvalue weighted by molar-refractivity contribution is 1.12. The van der Waals surface area contributed by atoms with Crippen molar-refractivity contribution in [1.29, 1.82) is 10.5 Å². The van der Waals surface area contributed by atoms with Crippen LogP contribution in [0, 0.1) is 22.7 Å². The number of para-hydroxylation sites is 4. The van der Waals surface area contributed by atoms with Crippen molar-refractivity contribution < 1.29 is 0 Å². The molecule has 0 aliphatic heterocycles. The standard InChI is InChI=1S/C38H22N4/c39-23-26-22-27(24-40)38(42-34-20-10-6-16-30(34)31-17-7-11-21-35(31)42)36(25-12-2-1-3-13-25)37(26)41-32-18-8-4-14-28(32)29-15-5-9-19-33(29)41/h1-22H. The van der Waals surface area contributed by atoms with E-state index >= 15 is 0 Å². The van der Waals surface area contributed by atoms with Gasteiger partial charge in [-0.3, -0.25) is 0 Å². The zero-order valence-electron chi connectivity index (χ0n) is 22.5. The van der Waals surface area contributed by atoms with Crippen LogP contribution in [0.15, 0.2) is 133 Å². The van der Waals surface area contributed by atoms with E-state index in [2.05, 4.69) is 81.9 Å². The van der Waals surface area contributed by atoms with Crippen molar-refractivity contribution in [2.75, 3.05) is 0 Å². The summed E-state index contributed by atoms with van der Waals surface area (Å²) in [4.78, 5) is 0. The highest BCUT2D eigenvalue weighted by Crippen LogP contribution is 2.44. The second-order valence-electron chi connectivity index (χ2n) is 10.4. The molecule has 4 nitrogen and oxygen atoms in total. The predicted octanol–water partition coefficient (Wildman–Crippen LogP) is 9.29. The SMILES string of the molecule is N#Cc1cc(C#N)c(-n2c3ccccc3c3ccccc32)c(-c2ccccc2)c1-n1c2ccccc2c2ccccc21. The minimum Gasteiger partial charge on any atom is -0.307 e. The van der Waals surface area contributed by atoms with Gasteiger partial charge in [0, 0.05) is 27.1 Å². The Morgan fingerprint density at radius 2 is 0.738 bits per heavy atom. The van der Waals surface area contributed by atoms with Gasteiger partial charge in [-0.1, -0.05) is 103 Å². The van der Waals surface area contributed by atoms with E-state index in [0.717, 1.165) is 66.1 Å². The smallest absolute Gasteiger partial charge is 0.101 e.